The number of rotatable bonds is 6. The van der Waals surface area contributed by atoms with E-state index in [0.717, 1.165) is 32.2 Å². The topological polar surface area (TPSA) is 21.3 Å². The maximum Gasteiger partial charge on any atom is 0.261 e. The Morgan fingerprint density at radius 2 is 1.81 bits per heavy atom. The van der Waals surface area contributed by atoms with Gasteiger partial charge in [0.25, 0.3) is 6.43 Å². The number of hydrogen-bond donors (Lipinski definition) is 1. The molecule has 0 aromatic rings. The van der Waals surface area contributed by atoms with E-state index in [1.165, 1.54) is 12.8 Å². The van der Waals surface area contributed by atoms with Crippen molar-refractivity contribution in [1.82, 2.24) is 5.32 Å². The molecular formula is C12H23F2NO. The Hall–Kier alpha value is -0.220. The van der Waals surface area contributed by atoms with Gasteiger partial charge in [-0.15, -0.1) is 0 Å². The van der Waals surface area contributed by atoms with Gasteiger partial charge < -0.3 is 10.1 Å². The maximum absolute atomic E-state index is 12.2. The van der Waals surface area contributed by atoms with Gasteiger partial charge >= 0.3 is 0 Å². The second-order valence-electron chi connectivity index (χ2n) is 4.58. The van der Waals surface area contributed by atoms with Crippen LogP contribution in [0.4, 0.5) is 8.78 Å². The van der Waals surface area contributed by atoms with Gasteiger partial charge in [0.15, 0.2) is 0 Å². The van der Waals surface area contributed by atoms with Gasteiger partial charge in [-0.3, -0.25) is 0 Å². The fourth-order valence-corrected chi connectivity index (χ4v) is 2.34. The molecule has 1 rings (SSSR count). The van der Waals surface area contributed by atoms with E-state index in [9.17, 15) is 8.78 Å². The zero-order chi connectivity index (χ0) is 11.9. The van der Waals surface area contributed by atoms with Crippen LogP contribution in [0, 0.1) is 0 Å². The molecule has 0 amide bonds. The van der Waals surface area contributed by atoms with Crippen molar-refractivity contribution in [3.63, 3.8) is 0 Å². The predicted molar refractivity (Wildman–Crippen MR) is 60.9 cm³/mol. The number of halogens is 2. The van der Waals surface area contributed by atoms with Crippen LogP contribution >= 0.6 is 0 Å². The number of hydrogen-bond acceptors (Lipinski definition) is 2. The molecule has 0 saturated heterocycles. The van der Waals surface area contributed by atoms with Gasteiger partial charge in [0.2, 0.25) is 0 Å². The smallest absolute Gasteiger partial charge is 0.261 e. The van der Waals surface area contributed by atoms with E-state index >= 15 is 0 Å². The Morgan fingerprint density at radius 1 is 1.19 bits per heavy atom. The molecule has 1 N–H and O–H groups in total. The average Bonchev–Trinajstić information content (AvgIpc) is 2.50. The van der Waals surface area contributed by atoms with Crippen LogP contribution in [0.3, 0.4) is 0 Å². The van der Waals surface area contributed by atoms with Crippen LogP contribution in [-0.4, -0.2) is 31.7 Å². The van der Waals surface area contributed by atoms with Crippen LogP contribution in [0.2, 0.25) is 0 Å². The summed E-state index contributed by atoms with van der Waals surface area (Å²) in [6.07, 6.45) is 4.04. The maximum atomic E-state index is 12.2. The van der Waals surface area contributed by atoms with Crippen molar-refractivity contribution in [2.75, 3.05) is 19.7 Å². The normalized spacial score (nSPS) is 21.0. The average molecular weight is 235 g/mol. The summed E-state index contributed by atoms with van der Waals surface area (Å²) in [6, 6.07) is 0. The third-order valence-electron chi connectivity index (χ3n) is 3.23. The molecule has 16 heavy (non-hydrogen) atoms. The molecule has 0 heterocycles. The Balaban J connectivity index is 2.50. The summed E-state index contributed by atoms with van der Waals surface area (Å²) in [5.74, 6) is 0. The molecule has 0 aromatic heterocycles. The molecule has 0 bridgehead atoms. The van der Waals surface area contributed by atoms with E-state index in [2.05, 4.69) is 5.32 Å². The Morgan fingerprint density at radius 3 is 2.31 bits per heavy atom. The summed E-state index contributed by atoms with van der Waals surface area (Å²) in [5, 5.41) is 3.24. The summed E-state index contributed by atoms with van der Waals surface area (Å²) in [6.45, 7) is 3.17. The van der Waals surface area contributed by atoms with Gasteiger partial charge in [-0.05, 0) is 19.4 Å². The van der Waals surface area contributed by atoms with E-state index in [4.69, 9.17) is 4.74 Å². The van der Waals surface area contributed by atoms with Crippen molar-refractivity contribution in [3.05, 3.63) is 0 Å². The Labute approximate surface area is 96.7 Å². The second kappa shape index (κ2) is 7.17. The fourth-order valence-electron chi connectivity index (χ4n) is 2.34. The molecule has 0 unspecified atom stereocenters. The van der Waals surface area contributed by atoms with Crippen LogP contribution < -0.4 is 5.32 Å². The van der Waals surface area contributed by atoms with Crippen molar-refractivity contribution in [3.8, 4) is 0 Å². The Bertz CT molecular complexity index is 180. The van der Waals surface area contributed by atoms with Gasteiger partial charge in [0, 0.05) is 6.54 Å². The molecule has 2 nitrogen and oxygen atoms in total. The van der Waals surface area contributed by atoms with Crippen LogP contribution in [0.1, 0.15) is 45.4 Å². The molecule has 1 fully saturated rings. The molecule has 96 valence electrons. The molecular weight excluding hydrogens is 212 g/mol. The SMILES string of the molecule is CCNCC1(OCC(F)F)CCCCCC1. The summed E-state index contributed by atoms with van der Waals surface area (Å²) in [7, 11) is 0. The zero-order valence-corrected chi connectivity index (χ0v) is 10.1. The zero-order valence-electron chi connectivity index (χ0n) is 10.1. The highest BCUT2D eigenvalue weighted by molar-refractivity contribution is 4.85. The van der Waals surface area contributed by atoms with Gasteiger partial charge in [0.05, 0.1) is 5.60 Å². The van der Waals surface area contributed by atoms with Crippen LogP contribution in [0.15, 0.2) is 0 Å². The molecule has 1 aliphatic rings. The standard InChI is InChI=1S/C12H23F2NO/c1-2-15-10-12(16-9-11(13)14)7-5-3-4-6-8-12/h11,15H,2-10H2,1H3. The lowest BCUT2D eigenvalue weighted by molar-refractivity contribution is -0.0952. The van der Waals surface area contributed by atoms with Crippen molar-refractivity contribution in [2.45, 2.75) is 57.5 Å². The minimum atomic E-state index is -2.36. The van der Waals surface area contributed by atoms with E-state index < -0.39 is 13.0 Å². The summed E-state index contributed by atoms with van der Waals surface area (Å²) < 4.78 is 30.0. The van der Waals surface area contributed by atoms with E-state index in [1.807, 2.05) is 6.92 Å². The van der Waals surface area contributed by atoms with Gasteiger partial charge in [-0.2, -0.15) is 0 Å². The number of nitrogens with one attached hydrogen (secondary N) is 1. The molecule has 4 heteroatoms. The highest BCUT2D eigenvalue weighted by atomic mass is 19.3. The molecule has 0 radical (unpaired) electrons. The molecule has 0 spiro atoms. The van der Waals surface area contributed by atoms with Crippen molar-refractivity contribution < 1.29 is 13.5 Å². The third kappa shape index (κ3) is 4.74. The van der Waals surface area contributed by atoms with Crippen molar-refractivity contribution in [2.24, 2.45) is 0 Å². The van der Waals surface area contributed by atoms with Gasteiger partial charge in [-0.25, -0.2) is 8.78 Å². The van der Waals surface area contributed by atoms with Crippen LogP contribution in [0.25, 0.3) is 0 Å². The van der Waals surface area contributed by atoms with Crippen LogP contribution in [0.5, 0.6) is 0 Å². The van der Waals surface area contributed by atoms with E-state index in [0.29, 0.717) is 6.54 Å². The first-order valence-corrected chi connectivity index (χ1v) is 6.31. The monoisotopic (exact) mass is 235 g/mol. The lowest BCUT2D eigenvalue weighted by atomic mass is 9.94. The van der Waals surface area contributed by atoms with Crippen LogP contribution in [-0.2, 0) is 4.74 Å². The first-order valence-electron chi connectivity index (χ1n) is 6.31. The quantitative estimate of drug-likeness (QED) is 0.715. The first kappa shape index (κ1) is 13.8. The third-order valence-corrected chi connectivity index (χ3v) is 3.23. The first-order chi connectivity index (χ1) is 7.68. The lowest BCUT2D eigenvalue weighted by Gasteiger charge is -2.33. The summed E-state index contributed by atoms with van der Waals surface area (Å²) >= 11 is 0. The predicted octanol–water partition coefficient (Wildman–Crippen LogP) is 2.97. The summed E-state index contributed by atoms with van der Waals surface area (Å²) in [5.41, 5.74) is -0.344. The number of alkyl halides is 2. The minimum absolute atomic E-state index is 0.344. The highest BCUT2D eigenvalue weighted by Gasteiger charge is 2.32. The molecule has 1 saturated carbocycles. The van der Waals surface area contributed by atoms with Crippen molar-refractivity contribution >= 4 is 0 Å². The fraction of sp³-hybridized carbons (Fsp3) is 1.00. The lowest BCUT2D eigenvalue weighted by Crippen LogP contribution is -2.43. The molecule has 0 aromatic carbocycles. The number of likely N-dealkylation sites (N-methyl/N-ethyl adjacent to an activating group) is 1. The van der Waals surface area contributed by atoms with E-state index in [1.54, 1.807) is 0 Å². The Kier molecular flexibility index (Phi) is 6.21. The van der Waals surface area contributed by atoms with Gasteiger partial charge in [-0.1, -0.05) is 32.6 Å². The largest absolute Gasteiger partial charge is 0.368 e. The molecule has 0 atom stereocenters. The number of ether oxygens (including phenoxy) is 1. The summed E-state index contributed by atoms with van der Waals surface area (Å²) in [4.78, 5) is 0. The van der Waals surface area contributed by atoms with Crippen molar-refractivity contribution in [1.29, 1.82) is 0 Å². The minimum Gasteiger partial charge on any atom is -0.368 e. The second-order valence-corrected chi connectivity index (χ2v) is 4.58. The highest BCUT2D eigenvalue weighted by Crippen LogP contribution is 2.30. The van der Waals surface area contributed by atoms with E-state index in [-0.39, 0.29) is 5.60 Å². The molecule has 0 aliphatic heterocycles. The van der Waals surface area contributed by atoms with Gasteiger partial charge in [0.1, 0.15) is 6.61 Å². The molecule has 1 aliphatic carbocycles.